The van der Waals surface area contributed by atoms with Crippen LogP contribution >= 0.6 is 0 Å². The number of anilines is 1. The van der Waals surface area contributed by atoms with Gasteiger partial charge in [0.25, 0.3) is 0 Å². The molecule has 0 aromatic carbocycles. The van der Waals surface area contributed by atoms with Crippen LogP contribution in [0.1, 0.15) is 18.5 Å². The highest BCUT2D eigenvalue weighted by Gasteiger charge is 2.31. The smallest absolute Gasteiger partial charge is 0.326 e. The molecule has 0 radical (unpaired) electrons. The number of hydrogen-bond acceptors (Lipinski definition) is 5. The second-order valence-electron chi connectivity index (χ2n) is 3.56. The number of carboxylic acids is 1. The van der Waals surface area contributed by atoms with E-state index in [9.17, 15) is 4.79 Å². The molecular formula is C10H10N4O2. The molecular weight excluding hydrogens is 208 g/mol. The summed E-state index contributed by atoms with van der Waals surface area (Å²) in [4.78, 5) is 20.4. The number of rotatable bonds is 2. The molecule has 0 unspecified atom stereocenters. The Balaban J connectivity index is 2.29. The van der Waals surface area contributed by atoms with Gasteiger partial charge in [0.2, 0.25) is 0 Å². The number of aromatic nitrogens is 2. The fourth-order valence-electron chi connectivity index (χ4n) is 1.86. The fourth-order valence-corrected chi connectivity index (χ4v) is 1.86. The van der Waals surface area contributed by atoms with E-state index in [2.05, 4.69) is 9.97 Å². The zero-order chi connectivity index (χ0) is 11.5. The summed E-state index contributed by atoms with van der Waals surface area (Å²) in [5, 5.41) is 17.7. The van der Waals surface area contributed by atoms with E-state index in [-0.39, 0.29) is 5.69 Å². The van der Waals surface area contributed by atoms with Crippen LogP contribution < -0.4 is 4.90 Å². The summed E-state index contributed by atoms with van der Waals surface area (Å²) in [7, 11) is 0. The van der Waals surface area contributed by atoms with Crippen molar-refractivity contribution in [2.75, 3.05) is 11.4 Å². The minimum Gasteiger partial charge on any atom is -0.480 e. The molecule has 1 aromatic rings. The van der Waals surface area contributed by atoms with E-state index < -0.39 is 12.0 Å². The molecule has 1 aliphatic heterocycles. The molecule has 2 rings (SSSR count). The molecule has 6 heteroatoms. The molecule has 16 heavy (non-hydrogen) atoms. The average Bonchev–Trinajstić information content (AvgIpc) is 2.78. The van der Waals surface area contributed by atoms with Crippen LogP contribution in [-0.4, -0.2) is 33.6 Å². The summed E-state index contributed by atoms with van der Waals surface area (Å²) in [6.45, 7) is 0.652. The minimum atomic E-state index is -0.852. The van der Waals surface area contributed by atoms with Gasteiger partial charge in [0.15, 0.2) is 0 Å². The topological polar surface area (TPSA) is 90.1 Å². The molecule has 1 aliphatic rings. The maximum atomic E-state index is 11.0. The Labute approximate surface area is 92.2 Å². The van der Waals surface area contributed by atoms with E-state index in [0.717, 1.165) is 6.42 Å². The lowest BCUT2D eigenvalue weighted by Gasteiger charge is -2.21. The Morgan fingerprint density at radius 3 is 3.12 bits per heavy atom. The van der Waals surface area contributed by atoms with Gasteiger partial charge in [0.1, 0.15) is 30.0 Å². The Morgan fingerprint density at radius 1 is 1.62 bits per heavy atom. The Kier molecular flexibility index (Phi) is 2.68. The number of nitrogens with zero attached hydrogens (tertiary/aromatic N) is 4. The highest BCUT2D eigenvalue weighted by molar-refractivity contribution is 5.78. The molecule has 0 amide bonds. The van der Waals surface area contributed by atoms with Crippen molar-refractivity contribution in [1.82, 2.24) is 9.97 Å². The van der Waals surface area contributed by atoms with Gasteiger partial charge in [-0.25, -0.2) is 14.8 Å². The van der Waals surface area contributed by atoms with Gasteiger partial charge in [-0.3, -0.25) is 0 Å². The normalized spacial score (nSPS) is 19.4. The third kappa shape index (κ3) is 1.80. The average molecular weight is 218 g/mol. The number of carboxylic acid groups (broad SMARTS) is 1. The van der Waals surface area contributed by atoms with E-state index in [0.29, 0.717) is 18.8 Å². The van der Waals surface area contributed by atoms with Gasteiger partial charge in [-0.2, -0.15) is 5.26 Å². The fraction of sp³-hybridized carbons (Fsp3) is 0.400. The number of carbonyl (C=O) groups is 1. The van der Waals surface area contributed by atoms with Crippen LogP contribution in [0.25, 0.3) is 0 Å². The summed E-state index contributed by atoms with van der Waals surface area (Å²) >= 11 is 0. The van der Waals surface area contributed by atoms with Crippen molar-refractivity contribution in [2.45, 2.75) is 18.9 Å². The second kappa shape index (κ2) is 4.14. The second-order valence-corrected chi connectivity index (χ2v) is 3.56. The molecule has 2 heterocycles. The molecule has 0 saturated carbocycles. The quantitative estimate of drug-likeness (QED) is 0.772. The van der Waals surface area contributed by atoms with Crippen LogP contribution in [0.2, 0.25) is 0 Å². The standard InChI is InChI=1S/C10H10N4O2/c11-5-7-4-9(13-6-12-7)14-3-1-2-8(14)10(15)16/h4,6,8H,1-3H2,(H,15,16)/t8-/m1/s1. The van der Waals surface area contributed by atoms with E-state index in [1.54, 1.807) is 4.90 Å². The van der Waals surface area contributed by atoms with Crippen LogP contribution in [-0.2, 0) is 4.79 Å². The first-order valence-corrected chi connectivity index (χ1v) is 4.94. The van der Waals surface area contributed by atoms with E-state index in [4.69, 9.17) is 10.4 Å². The molecule has 0 spiro atoms. The summed E-state index contributed by atoms with van der Waals surface area (Å²) < 4.78 is 0. The van der Waals surface area contributed by atoms with Crippen LogP contribution in [0.5, 0.6) is 0 Å². The summed E-state index contributed by atoms with van der Waals surface area (Å²) in [6, 6.07) is 2.88. The largest absolute Gasteiger partial charge is 0.480 e. The highest BCUT2D eigenvalue weighted by Crippen LogP contribution is 2.23. The van der Waals surface area contributed by atoms with Gasteiger partial charge < -0.3 is 10.0 Å². The third-order valence-corrected chi connectivity index (χ3v) is 2.60. The third-order valence-electron chi connectivity index (χ3n) is 2.60. The first kappa shape index (κ1) is 10.4. The number of hydrogen-bond donors (Lipinski definition) is 1. The molecule has 0 aliphatic carbocycles. The zero-order valence-electron chi connectivity index (χ0n) is 8.50. The van der Waals surface area contributed by atoms with Gasteiger partial charge in [0.05, 0.1) is 0 Å². The lowest BCUT2D eigenvalue weighted by molar-refractivity contribution is -0.138. The molecule has 1 fully saturated rings. The molecule has 6 nitrogen and oxygen atoms in total. The number of nitriles is 1. The van der Waals surface area contributed by atoms with Crippen molar-refractivity contribution in [3.8, 4) is 6.07 Å². The maximum absolute atomic E-state index is 11.0. The Hall–Kier alpha value is -2.16. The van der Waals surface area contributed by atoms with E-state index in [1.165, 1.54) is 12.4 Å². The molecule has 82 valence electrons. The van der Waals surface area contributed by atoms with Crippen LogP contribution in [0.3, 0.4) is 0 Å². The number of aliphatic carboxylic acids is 1. The van der Waals surface area contributed by atoms with Crippen molar-refractivity contribution in [3.05, 3.63) is 18.1 Å². The predicted molar refractivity (Wildman–Crippen MR) is 54.8 cm³/mol. The highest BCUT2D eigenvalue weighted by atomic mass is 16.4. The zero-order valence-corrected chi connectivity index (χ0v) is 8.50. The van der Waals surface area contributed by atoms with Crippen molar-refractivity contribution < 1.29 is 9.90 Å². The van der Waals surface area contributed by atoms with Crippen LogP contribution in [0, 0.1) is 11.3 Å². The van der Waals surface area contributed by atoms with E-state index in [1.807, 2.05) is 6.07 Å². The van der Waals surface area contributed by atoms with Gasteiger partial charge in [0, 0.05) is 12.6 Å². The SMILES string of the molecule is N#Cc1cc(N2CCC[C@@H]2C(=O)O)ncn1. The molecule has 1 N–H and O–H groups in total. The van der Waals surface area contributed by atoms with E-state index >= 15 is 0 Å². The molecule has 1 aromatic heterocycles. The monoisotopic (exact) mass is 218 g/mol. The van der Waals surface area contributed by atoms with Gasteiger partial charge in [-0.1, -0.05) is 0 Å². The van der Waals surface area contributed by atoms with Crippen LogP contribution in [0.4, 0.5) is 5.82 Å². The summed E-state index contributed by atoms with van der Waals surface area (Å²) in [6.07, 6.45) is 2.72. The first-order valence-electron chi connectivity index (χ1n) is 4.94. The molecule has 1 atom stereocenters. The minimum absolute atomic E-state index is 0.251. The summed E-state index contributed by atoms with van der Waals surface area (Å²) in [5.41, 5.74) is 0.251. The van der Waals surface area contributed by atoms with Gasteiger partial charge >= 0.3 is 5.97 Å². The summed E-state index contributed by atoms with van der Waals surface area (Å²) in [5.74, 6) is -0.342. The lowest BCUT2D eigenvalue weighted by Crippen LogP contribution is -2.36. The van der Waals surface area contributed by atoms with Gasteiger partial charge in [-0.05, 0) is 12.8 Å². The van der Waals surface area contributed by atoms with Crippen molar-refractivity contribution in [1.29, 1.82) is 5.26 Å². The van der Waals surface area contributed by atoms with Crippen molar-refractivity contribution >= 4 is 11.8 Å². The Bertz CT molecular complexity index is 454. The van der Waals surface area contributed by atoms with Crippen LogP contribution in [0.15, 0.2) is 12.4 Å². The first-order chi connectivity index (χ1) is 7.72. The van der Waals surface area contributed by atoms with Crippen molar-refractivity contribution in [2.24, 2.45) is 0 Å². The van der Waals surface area contributed by atoms with Crippen molar-refractivity contribution in [3.63, 3.8) is 0 Å². The molecule has 0 bridgehead atoms. The maximum Gasteiger partial charge on any atom is 0.326 e. The molecule has 1 saturated heterocycles. The van der Waals surface area contributed by atoms with Gasteiger partial charge in [-0.15, -0.1) is 0 Å². The Morgan fingerprint density at radius 2 is 2.44 bits per heavy atom. The predicted octanol–water partition coefficient (Wildman–Crippen LogP) is 0.402. The lowest BCUT2D eigenvalue weighted by atomic mass is 10.2.